The second-order valence-electron chi connectivity index (χ2n) is 3.92. The predicted octanol–water partition coefficient (Wildman–Crippen LogP) is 4.50. The summed E-state index contributed by atoms with van der Waals surface area (Å²) in [4.78, 5) is 3.81. The zero-order valence-corrected chi connectivity index (χ0v) is 11.8. The SMILES string of the molecule is CC(=NNc1c(Cl)cncc1Cl)c1ccc(F)c(F)c1. The minimum absolute atomic E-state index is 0.305. The molecule has 1 aromatic carbocycles. The van der Waals surface area contributed by atoms with Crippen LogP contribution in [0.3, 0.4) is 0 Å². The van der Waals surface area contributed by atoms with Crippen molar-refractivity contribution in [1.29, 1.82) is 0 Å². The number of benzene rings is 1. The quantitative estimate of drug-likeness (QED) is 0.668. The van der Waals surface area contributed by atoms with Crippen molar-refractivity contribution in [2.45, 2.75) is 6.92 Å². The van der Waals surface area contributed by atoms with Crippen molar-refractivity contribution >= 4 is 34.6 Å². The van der Waals surface area contributed by atoms with Crippen LogP contribution in [-0.2, 0) is 0 Å². The molecule has 7 heteroatoms. The van der Waals surface area contributed by atoms with Gasteiger partial charge in [0.2, 0.25) is 0 Å². The number of nitrogens with one attached hydrogen (secondary N) is 1. The number of hydrazone groups is 1. The molecule has 0 atom stereocenters. The molecule has 0 saturated carbocycles. The molecule has 0 fully saturated rings. The number of nitrogens with zero attached hydrogens (tertiary/aromatic N) is 2. The first kappa shape index (κ1) is 14.7. The summed E-state index contributed by atoms with van der Waals surface area (Å²) in [5.74, 6) is -1.84. The van der Waals surface area contributed by atoms with Gasteiger partial charge in [-0.3, -0.25) is 10.4 Å². The van der Waals surface area contributed by atoms with Crippen LogP contribution in [0.1, 0.15) is 12.5 Å². The number of hydrogen-bond acceptors (Lipinski definition) is 3. The molecule has 1 aromatic heterocycles. The van der Waals surface area contributed by atoms with Gasteiger partial charge in [-0.25, -0.2) is 8.78 Å². The topological polar surface area (TPSA) is 37.3 Å². The third-order valence-electron chi connectivity index (χ3n) is 2.53. The van der Waals surface area contributed by atoms with Crippen molar-refractivity contribution in [2.24, 2.45) is 5.10 Å². The zero-order valence-electron chi connectivity index (χ0n) is 10.3. The summed E-state index contributed by atoms with van der Waals surface area (Å²) in [5.41, 5.74) is 3.97. The van der Waals surface area contributed by atoms with Crippen LogP contribution in [0, 0.1) is 11.6 Å². The molecule has 2 aromatic rings. The van der Waals surface area contributed by atoms with Crippen molar-refractivity contribution in [2.75, 3.05) is 5.43 Å². The molecule has 0 unspecified atom stereocenters. The first-order valence-electron chi connectivity index (χ1n) is 5.53. The molecule has 0 aliphatic heterocycles. The van der Waals surface area contributed by atoms with E-state index in [9.17, 15) is 8.78 Å². The molecule has 0 aliphatic rings. The molecule has 1 heterocycles. The van der Waals surface area contributed by atoms with Crippen molar-refractivity contribution in [3.63, 3.8) is 0 Å². The Labute approximate surface area is 124 Å². The summed E-state index contributed by atoms with van der Waals surface area (Å²) in [5, 5.41) is 4.65. The van der Waals surface area contributed by atoms with Gasteiger partial charge < -0.3 is 0 Å². The third kappa shape index (κ3) is 3.23. The van der Waals surface area contributed by atoms with Crippen LogP contribution in [0.5, 0.6) is 0 Å². The van der Waals surface area contributed by atoms with Gasteiger partial charge in [0.05, 0.1) is 21.4 Å². The van der Waals surface area contributed by atoms with E-state index in [0.29, 0.717) is 27.0 Å². The van der Waals surface area contributed by atoms with E-state index < -0.39 is 11.6 Å². The minimum atomic E-state index is -0.933. The van der Waals surface area contributed by atoms with E-state index in [1.165, 1.54) is 18.5 Å². The molecular weight excluding hydrogens is 307 g/mol. The van der Waals surface area contributed by atoms with E-state index in [4.69, 9.17) is 23.2 Å². The lowest BCUT2D eigenvalue weighted by Crippen LogP contribution is -2.02. The summed E-state index contributed by atoms with van der Waals surface area (Å²) in [6, 6.07) is 3.52. The lowest BCUT2D eigenvalue weighted by atomic mass is 10.1. The number of pyridine rings is 1. The largest absolute Gasteiger partial charge is 0.275 e. The Morgan fingerprint density at radius 2 is 1.80 bits per heavy atom. The Morgan fingerprint density at radius 1 is 1.15 bits per heavy atom. The van der Waals surface area contributed by atoms with Crippen LogP contribution in [0.2, 0.25) is 10.0 Å². The van der Waals surface area contributed by atoms with Crippen molar-refractivity contribution < 1.29 is 8.78 Å². The van der Waals surface area contributed by atoms with Gasteiger partial charge in [-0.05, 0) is 25.1 Å². The van der Waals surface area contributed by atoms with Crippen LogP contribution < -0.4 is 5.43 Å². The molecule has 104 valence electrons. The number of aromatic nitrogens is 1. The van der Waals surface area contributed by atoms with Crippen molar-refractivity contribution in [1.82, 2.24) is 4.98 Å². The lowest BCUT2D eigenvalue weighted by Gasteiger charge is -2.07. The number of hydrogen-bond donors (Lipinski definition) is 1. The highest BCUT2D eigenvalue weighted by atomic mass is 35.5. The van der Waals surface area contributed by atoms with Gasteiger partial charge in [0.15, 0.2) is 11.6 Å². The second-order valence-corrected chi connectivity index (χ2v) is 4.73. The number of halogens is 4. The Morgan fingerprint density at radius 3 is 2.40 bits per heavy atom. The van der Waals surface area contributed by atoms with Crippen molar-refractivity contribution in [3.8, 4) is 0 Å². The van der Waals surface area contributed by atoms with Crippen LogP contribution in [0.4, 0.5) is 14.5 Å². The van der Waals surface area contributed by atoms with E-state index >= 15 is 0 Å². The lowest BCUT2D eigenvalue weighted by molar-refractivity contribution is 0.508. The molecule has 0 bridgehead atoms. The van der Waals surface area contributed by atoms with Crippen LogP contribution in [-0.4, -0.2) is 10.7 Å². The van der Waals surface area contributed by atoms with Gasteiger partial charge >= 0.3 is 0 Å². The molecule has 0 radical (unpaired) electrons. The van der Waals surface area contributed by atoms with Gasteiger partial charge in [0, 0.05) is 18.0 Å². The average molecular weight is 316 g/mol. The van der Waals surface area contributed by atoms with Gasteiger partial charge in [0.25, 0.3) is 0 Å². The second kappa shape index (κ2) is 6.15. The predicted molar refractivity (Wildman–Crippen MR) is 76.4 cm³/mol. The average Bonchev–Trinajstić information content (AvgIpc) is 2.41. The number of anilines is 1. The minimum Gasteiger partial charge on any atom is -0.275 e. The molecule has 0 amide bonds. The Hall–Kier alpha value is -1.72. The first-order chi connectivity index (χ1) is 9.49. The Bertz CT molecular complexity index is 654. The smallest absolute Gasteiger partial charge is 0.159 e. The van der Waals surface area contributed by atoms with Gasteiger partial charge in [-0.2, -0.15) is 5.10 Å². The van der Waals surface area contributed by atoms with E-state index in [1.807, 2.05) is 0 Å². The van der Waals surface area contributed by atoms with Gasteiger partial charge in [0.1, 0.15) is 0 Å². The van der Waals surface area contributed by atoms with E-state index in [2.05, 4.69) is 15.5 Å². The summed E-state index contributed by atoms with van der Waals surface area (Å²) in [6.45, 7) is 1.64. The van der Waals surface area contributed by atoms with Gasteiger partial charge in [-0.1, -0.05) is 23.2 Å². The van der Waals surface area contributed by atoms with Crippen LogP contribution in [0.25, 0.3) is 0 Å². The molecule has 2 rings (SSSR count). The standard InChI is InChI=1S/C13H9Cl2F2N3/c1-7(8-2-3-11(16)12(17)4-8)19-20-13-9(14)5-18-6-10(13)15/h2-6H,1H3,(H,18,20). The van der Waals surface area contributed by atoms with Crippen LogP contribution >= 0.6 is 23.2 Å². The molecule has 3 nitrogen and oxygen atoms in total. The maximum atomic E-state index is 13.1. The highest BCUT2D eigenvalue weighted by molar-refractivity contribution is 6.38. The van der Waals surface area contributed by atoms with E-state index in [1.54, 1.807) is 6.92 Å². The summed E-state index contributed by atoms with van der Waals surface area (Å²) in [7, 11) is 0. The number of rotatable bonds is 3. The Kier molecular flexibility index (Phi) is 4.52. The maximum Gasteiger partial charge on any atom is 0.159 e. The molecule has 0 spiro atoms. The van der Waals surface area contributed by atoms with Crippen LogP contribution in [0.15, 0.2) is 35.7 Å². The summed E-state index contributed by atoms with van der Waals surface area (Å²) < 4.78 is 26.0. The molecular formula is C13H9Cl2F2N3. The fraction of sp³-hybridized carbons (Fsp3) is 0.0769. The maximum absolute atomic E-state index is 13.1. The van der Waals surface area contributed by atoms with E-state index in [-0.39, 0.29) is 0 Å². The van der Waals surface area contributed by atoms with E-state index in [0.717, 1.165) is 12.1 Å². The zero-order chi connectivity index (χ0) is 14.7. The summed E-state index contributed by atoms with van der Waals surface area (Å²) in [6.07, 6.45) is 2.83. The third-order valence-corrected chi connectivity index (χ3v) is 3.10. The highest BCUT2D eigenvalue weighted by Crippen LogP contribution is 2.28. The fourth-order valence-corrected chi connectivity index (χ4v) is 1.89. The molecule has 1 N–H and O–H groups in total. The summed E-state index contributed by atoms with van der Waals surface area (Å²) >= 11 is 11.8. The molecule has 20 heavy (non-hydrogen) atoms. The first-order valence-corrected chi connectivity index (χ1v) is 6.29. The normalized spacial score (nSPS) is 11.6. The highest BCUT2D eigenvalue weighted by Gasteiger charge is 2.07. The Balaban J connectivity index is 2.25. The van der Waals surface area contributed by atoms with Gasteiger partial charge in [-0.15, -0.1) is 0 Å². The molecule has 0 saturated heterocycles. The van der Waals surface area contributed by atoms with Crippen molar-refractivity contribution in [3.05, 3.63) is 57.8 Å². The fourth-order valence-electron chi connectivity index (χ4n) is 1.44. The molecule has 0 aliphatic carbocycles. The monoisotopic (exact) mass is 315 g/mol.